The highest BCUT2D eigenvalue weighted by molar-refractivity contribution is 6.09. The molecule has 0 spiro atoms. The van der Waals surface area contributed by atoms with Gasteiger partial charge in [0.2, 0.25) is 0 Å². The van der Waals surface area contributed by atoms with Crippen LogP contribution in [-0.2, 0) is 0 Å². The topological polar surface area (TPSA) is 35.5 Å². The fraction of sp³-hybridized carbons (Fsp3) is 0.174. The van der Waals surface area contributed by atoms with Crippen LogP contribution in [0.1, 0.15) is 29.8 Å². The summed E-state index contributed by atoms with van der Waals surface area (Å²) in [5, 5.41) is 0. The number of ketones is 1. The van der Waals surface area contributed by atoms with E-state index < -0.39 is 0 Å². The molecule has 3 aromatic rings. The predicted molar refractivity (Wildman–Crippen MR) is 104 cm³/mol. The van der Waals surface area contributed by atoms with Crippen molar-refractivity contribution in [1.82, 2.24) is 0 Å². The summed E-state index contributed by atoms with van der Waals surface area (Å²) in [4.78, 5) is 12.6. The lowest BCUT2D eigenvalue weighted by Crippen LogP contribution is -2.01. The molecule has 0 saturated carbocycles. The zero-order chi connectivity index (χ0) is 18.4. The van der Waals surface area contributed by atoms with Gasteiger partial charge in [0.15, 0.2) is 5.78 Å². The number of carbonyl (C=O) groups excluding carboxylic acids is 1. The maximum atomic E-state index is 12.6. The van der Waals surface area contributed by atoms with E-state index >= 15 is 0 Å². The van der Waals surface area contributed by atoms with Gasteiger partial charge < -0.3 is 9.47 Å². The Labute approximate surface area is 154 Å². The minimum atomic E-state index is 0.00583. The van der Waals surface area contributed by atoms with Crippen LogP contribution in [0.5, 0.6) is 11.5 Å². The first-order chi connectivity index (χ1) is 12.7. The summed E-state index contributed by atoms with van der Waals surface area (Å²) in [6.45, 7) is 5.17. The molecule has 3 heteroatoms. The molecule has 26 heavy (non-hydrogen) atoms. The second kappa shape index (κ2) is 8.34. The normalized spacial score (nSPS) is 10.4. The smallest absolute Gasteiger partial charge is 0.193 e. The number of ether oxygens (including phenoxy) is 2. The minimum absolute atomic E-state index is 0.00583. The van der Waals surface area contributed by atoms with Gasteiger partial charge in [0.05, 0.1) is 13.2 Å². The van der Waals surface area contributed by atoms with Gasteiger partial charge in [0.1, 0.15) is 11.5 Å². The van der Waals surface area contributed by atoms with Crippen molar-refractivity contribution in [1.29, 1.82) is 0 Å². The Morgan fingerprint density at radius 1 is 0.615 bits per heavy atom. The van der Waals surface area contributed by atoms with Crippen molar-refractivity contribution >= 4 is 5.78 Å². The van der Waals surface area contributed by atoms with Crippen LogP contribution in [0.25, 0.3) is 11.1 Å². The molecule has 3 rings (SSSR count). The largest absolute Gasteiger partial charge is 0.494 e. The van der Waals surface area contributed by atoms with E-state index in [1.165, 1.54) is 0 Å². The van der Waals surface area contributed by atoms with Crippen molar-refractivity contribution in [3.8, 4) is 22.6 Å². The number of rotatable bonds is 7. The van der Waals surface area contributed by atoms with Gasteiger partial charge in [-0.15, -0.1) is 0 Å². The third-order valence-corrected chi connectivity index (χ3v) is 4.07. The molecule has 0 aromatic heterocycles. The van der Waals surface area contributed by atoms with Crippen molar-refractivity contribution < 1.29 is 14.3 Å². The molecule has 3 aromatic carbocycles. The molecule has 0 aliphatic heterocycles. The van der Waals surface area contributed by atoms with Crippen LogP contribution in [0, 0.1) is 0 Å². The molecule has 0 unspecified atom stereocenters. The highest BCUT2D eigenvalue weighted by Crippen LogP contribution is 2.24. The summed E-state index contributed by atoms with van der Waals surface area (Å²) >= 11 is 0. The van der Waals surface area contributed by atoms with Gasteiger partial charge in [0, 0.05) is 11.1 Å². The van der Waals surface area contributed by atoms with Crippen LogP contribution in [0.3, 0.4) is 0 Å². The summed E-state index contributed by atoms with van der Waals surface area (Å²) in [7, 11) is 0. The Morgan fingerprint density at radius 2 is 0.962 bits per heavy atom. The standard InChI is InChI=1S/C23H22O3/c1-3-25-21-13-9-18(10-14-21)17-5-7-19(8-6-17)23(24)20-11-15-22(16-12-20)26-4-2/h5-16H,3-4H2,1-2H3. The van der Waals surface area contributed by atoms with Crippen molar-refractivity contribution in [2.45, 2.75) is 13.8 Å². The fourth-order valence-electron chi connectivity index (χ4n) is 2.76. The van der Waals surface area contributed by atoms with Gasteiger partial charge in [-0.1, -0.05) is 36.4 Å². The van der Waals surface area contributed by atoms with E-state index in [2.05, 4.69) is 0 Å². The van der Waals surface area contributed by atoms with Crippen LogP contribution in [0.2, 0.25) is 0 Å². The zero-order valence-electron chi connectivity index (χ0n) is 15.1. The van der Waals surface area contributed by atoms with Crippen molar-refractivity contribution in [2.24, 2.45) is 0 Å². The van der Waals surface area contributed by atoms with E-state index in [-0.39, 0.29) is 5.78 Å². The van der Waals surface area contributed by atoms with Gasteiger partial charge in [-0.3, -0.25) is 4.79 Å². The van der Waals surface area contributed by atoms with Crippen LogP contribution in [0.4, 0.5) is 0 Å². The number of hydrogen-bond donors (Lipinski definition) is 0. The van der Waals surface area contributed by atoms with Crippen LogP contribution < -0.4 is 9.47 Å². The minimum Gasteiger partial charge on any atom is -0.494 e. The Balaban J connectivity index is 1.75. The van der Waals surface area contributed by atoms with Crippen molar-refractivity contribution in [3.63, 3.8) is 0 Å². The molecule has 0 amide bonds. The highest BCUT2D eigenvalue weighted by Gasteiger charge is 2.09. The van der Waals surface area contributed by atoms with E-state index in [9.17, 15) is 4.79 Å². The SMILES string of the molecule is CCOc1ccc(C(=O)c2ccc(-c3ccc(OCC)cc3)cc2)cc1. The predicted octanol–water partition coefficient (Wildman–Crippen LogP) is 5.38. The molecule has 0 N–H and O–H groups in total. The van der Waals surface area contributed by atoms with Gasteiger partial charge in [-0.2, -0.15) is 0 Å². The zero-order valence-corrected chi connectivity index (χ0v) is 15.1. The molecule has 0 fully saturated rings. The third kappa shape index (κ3) is 4.12. The van der Waals surface area contributed by atoms with Gasteiger partial charge in [-0.25, -0.2) is 0 Å². The first kappa shape index (κ1) is 17.7. The molecule has 0 atom stereocenters. The molecular formula is C23H22O3. The molecular weight excluding hydrogens is 324 g/mol. The van der Waals surface area contributed by atoms with Crippen LogP contribution in [-0.4, -0.2) is 19.0 Å². The maximum Gasteiger partial charge on any atom is 0.193 e. The average molecular weight is 346 g/mol. The molecule has 0 aliphatic carbocycles. The van der Waals surface area contributed by atoms with Crippen LogP contribution in [0.15, 0.2) is 72.8 Å². The van der Waals surface area contributed by atoms with E-state index in [0.717, 1.165) is 22.6 Å². The molecule has 0 aliphatic rings. The van der Waals surface area contributed by atoms with Gasteiger partial charge >= 0.3 is 0 Å². The molecule has 3 nitrogen and oxygen atoms in total. The Morgan fingerprint density at radius 3 is 1.38 bits per heavy atom. The lowest BCUT2D eigenvalue weighted by molar-refractivity contribution is 0.103. The van der Waals surface area contributed by atoms with Crippen LogP contribution >= 0.6 is 0 Å². The van der Waals surface area contributed by atoms with E-state index in [1.807, 2.05) is 74.5 Å². The summed E-state index contributed by atoms with van der Waals surface area (Å²) in [6, 6.07) is 22.9. The molecule has 0 heterocycles. The van der Waals surface area contributed by atoms with Gasteiger partial charge in [0.25, 0.3) is 0 Å². The maximum absolute atomic E-state index is 12.6. The molecule has 0 radical (unpaired) electrons. The quantitative estimate of drug-likeness (QED) is 0.539. The number of benzene rings is 3. The number of hydrogen-bond acceptors (Lipinski definition) is 3. The lowest BCUT2D eigenvalue weighted by Gasteiger charge is -2.07. The first-order valence-corrected chi connectivity index (χ1v) is 8.82. The average Bonchev–Trinajstić information content (AvgIpc) is 2.69. The molecule has 132 valence electrons. The van der Waals surface area contributed by atoms with Gasteiger partial charge in [-0.05, 0) is 61.4 Å². The Bertz CT molecular complexity index is 847. The van der Waals surface area contributed by atoms with Crippen molar-refractivity contribution in [2.75, 3.05) is 13.2 Å². The Kier molecular flexibility index (Phi) is 5.69. The second-order valence-electron chi connectivity index (χ2n) is 5.82. The summed E-state index contributed by atoms with van der Waals surface area (Å²) in [5.74, 6) is 1.64. The molecule has 0 saturated heterocycles. The fourth-order valence-corrected chi connectivity index (χ4v) is 2.76. The summed E-state index contributed by atoms with van der Waals surface area (Å²) in [5.41, 5.74) is 3.48. The lowest BCUT2D eigenvalue weighted by atomic mass is 9.99. The molecule has 0 bridgehead atoms. The van der Waals surface area contributed by atoms with Crippen molar-refractivity contribution in [3.05, 3.63) is 83.9 Å². The van der Waals surface area contributed by atoms with E-state index in [1.54, 1.807) is 12.1 Å². The van der Waals surface area contributed by atoms with E-state index in [0.29, 0.717) is 24.3 Å². The highest BCUT2D eigenvalue weighted by atomic mass is 16.5. The second-order valence-corrected chi connectivity index (χ2v) is 5.82. The van der Waals surface area contributed by atoms with E-state index in [4.69, 9.17) is 9.47 Å². The first-order valence-electron chi connectivity index (χ1n) is 8.82. The summed E-state index contributed by atoms with van der Waals surface area (Å²) in [6.07, 6.45) is 0. The third-order valence-electron chi connectivity index (χ3n) is 4.07. The number of carbonyl (C=O) groups is 1. The monoisotopic (exact) mass is 346 g/mol. The summed E-state index contributed by atoms with van der Waals surface area (Å²) < 4.78 is 10.9. The Hall–Kier alpha value is -3.07.